The molecule has 4 nitrogen and oxygen atoms in total. The summed E-state index contributed by atoms with van der Waals surface area (Å²) < 4.78 is 33.6. The standard InChI is InChI=1S/C21H20ClNO3S/c1-16-20(22)9-6-10-21(16)27(24,25)23(15-17-7-4-3-5-8-17)18-11-13-19(26-2)14-12-18/h3-14H,15H2,1-2H3. The monoisotopic (exact) mass is 401 g/mol. The van der Waals surface area contributed by atoms with Crippen LogP contribution in [0.5, 0.6) is 5.75 Å². The van der Waals surface area contributed by atoms with Crippen molar-refractivity contribution in [3.63, 3.8) is 0 Å². The highest BCUT2D eigenvalue weighted by Gasteiger charge is 2.27. The number of halogens is 1. The van der Waals surface area contributed by atoms with E-state index in [0.717, 1.165) is 5.56 Å². The number of methoxy groups -OCH3 is 1. The van der Waals surface area contributed by atoms with Crippen molar-refractivity contribution in [3.05, 3.63) is 88.9 Å². The predicted molar refractivity (Wildman–Crippen MR) is 109 cm³/mol. The number of nitrogens with zero attached hydrogens (tertiary/aromatic N) is 1. The summed E-state index contributed by atoms with van der Waals surface area (Å²) in [6, 6.07) is 21.3. The first-order valence-electron chi connectivity index (χ1n) is 8.39. The largest absolute Gasteiger partial charge is 0.497 e. The Morgan fingerprint density at radius 3 is 2.22 bits per heavy atom. The molecule has 0 saturated heterocycles. The first kappa shape index (κ1) is 19.3. The van der Waals surface area contributed by atoms with E-state index in [0.29, 0.717) is 22.0 Å². The number of rotatable bonds is 6. The Morgan fingerprint density at radius 2 is 1.59 bits per heavy atom. The van der Waals surface area contributed by atoms with Crippen molar-refractivity contribution in [2.24, 2.45) is 0 Å². The number of hydrogen-bond donors (Lipinski definition) is 0. The predicted octanol–water partition coefficient (Wildman–Crippen LogP) is 5.05. The van der Waals surface area contributed by atoms with Gasteiger partial charge >= 0.3 is 0 Å². The second kappa shape index (κ2) is 8.03. The van der Waals surface area contributed by atoms with E-state index in [4.69, 9.17) is 16.3 Å². The van der Waals surface area contributed by atoms with Gasteiger partial charge in [-0.05, 0) is 54.4 Å². The van der Waals surface area contributed by atoms with Gasteiger partial charge in [0.25, 0.3) is 10.0 Å². The van der Waals surface area contributed by atoms with Gasteiger partial charge in [-0.2, -0.15) is 0 Å². The fourth-order valence-electron chi connectivity index (χ4n) is 2.80. The van der Waals surface area contributed by atoms with E-state index >= 15 is 0 Å². The highest BCUT2D eigenvalue weighted by molar-refractivity contribution is 7.92. The molecular weight excluding hydrogens is 382 g/mol. The SMILES string of the molecule is COc1ccc(N(Cc2ccccc2)S(=O)(=O)c2cccc(Cl)c2C)cc1. The first-order valence-corrected chi connectivity index (χ1v) is 10.2. The van der Waals surface area contributed by atoms with E-state index in [-0.39, 0.29) is 11.4 Å². The summed E-state index contributed by atoms with van der Waals surface area (Å²) >= 11 is 6.17. The fourth-order valence-corrected chi connectivity index (χ4v) is 4.73. The number of sulfonamides is 1. The van der Waals surface area contributed by atoms with Crippen LogP contribution in [0.15, 0.2) is 77.7 Å². The molecule has 0 saturated carbocycles. The van der Waals surface area contributed by atoms with Crippen molar-refractivity contribution in [3.8, 4) is 5.75 Å². The molecule has 0 aliphatic carbocycles. The molecule has 0 bridgehead atoms. The van der Waals surface area contributed by atoms with Crippen LogP contribution in [0.2, 0.25) is 5.02 Å². The van der Waals surface area contributed by atoms with Crippen LogP contribution in [-0.2, 0) is 16.6 Å². The summed E-state index contributed by atoms with van der Waals surface area (Å²) in [5.41, 5.74) is 1.97. The number of benzene rings is 3. The van der Waals surface area contributed by atoms with E-state index in [9.17, 15) is 8.42 Å². The molecule has 6 heteroatoms. The highest BCUT2D eigenvalue weighted by Crippen LogP contribution is 2.31. The van der Waals surface area contributed by atoms with Crippen LogP contribution in [0.1, 0.15) is 11.1 Å². The van der Waals surface area contributed by atoms with Gasteiger partial charge in [0, 0.05) is 5.02 Å². The minimum absolute atomic E-state index is 0.196. The van der Waals surface area contributed by atoms with Gasteiger partial charge < -0.3 is 4.74 Å². The molecular formula is C21H20ClNO3S. The van der Waals surface area contributed by atoms with Crippen molar-refractivity contribution >= 4 is 27.3 Å². The molecule has 3 aromatic rings. The summed E-state index contributed by atoms with van der Waals surface area (Å²) in [6.45, 7) is 1.92. The van der Waals surface area contributed by atoms with Gasteiger partial charge in [0.15, 0.2) is 0 Å². The van der Waals surface area contributed by atoms with Gasteiger partial charge in [-0.15, -0.1) is 0 Å². The van der Waals surface area contributed by atoms with Crippen molar-refractivity contribution in [2.45, 2.75) is 18.4 Å². The molecule has 0 aliphatic heterocycles. The molecule has 0 atom stereocenters. The second-order valence-corrected chi connectivity index (χ2v) is 8.30. The molecule has 0 heterocycles. The Hall–Kier alpha value is -2.50. The van der Waals surface area contributed by atoms with Crippen LogP contribution in [0.25, 0.3) is 0 Å². The van der Waals surface area contributed by atoms with Crippen molar-refractivity contribution in [1.82, 2.24) is 0 Å². The molecule has 0 spiro atoms. The smallest absolute Gasteiger partial charge is 0.264 e. The summed E-state index contributed by atoms with van der Waals surface area (Å²) in [4.78, 5) is 0.196. The maximum atomic E-state index is 13.5. The number of anilines is 1. The Balaban J connectivity index is 2.11. The van der Waals surface area contributed by atoms with Crippen molar-refractivity contribution < 1.29 is 13.2 Å². The van der Waals surface area contributed by atoms with E-state index < -0.39 is 10.0 Å². The van der Waals surface area contributed by atoms with Crippen LogP contribution in [0.3, 0.4) is 0 Å². The van der Waals surface area contributed by atoms with Crippen LogP contribution in [-0.4, -0.2) is 15.5 Å². The topological polar surface area (TPSA) is 46.6 Å². The quantitative estimate of drug-likeness (QED) is 0.580. The van der Waals surface area contributed by atoms with E-state index in [1.54, 1.807) is 56.5 Å². The third-order valence-electron chi connectivity index (χ3n) is 4.32. The minimum atomic E-state index is -3.82. The molecule has 0 aliphatic rings. The number of ether oxygens (including phenoxy) is 1. The molecule has 0 aromatic heterocycles. The molecule has 0 fully saturated rings. The normalized spacial score (nSPS) is 11.2. The van der Waals surface area contributed by atoms with Gasteiger partial charge in [-0.1, -0.05) is 48.0 Å². The van der Waals surface area contributed by atoms with Crippen LogP contribution >= 0.6 is 11.6 Å². The fraction of sp³-hybridized carbons (Fsp3) is 0.143. The Labute approximate surface area is 165 Å². The van der Waals surface area contributed by atoms with Gasteiger partial charge in [-0.25, -0.2) is 8.42 Å². The lowest BCUT2D eigenvalue weighted by atomic mass is 10.2. The average molecular weight is 402 g/mol. The second-order valence-electron chi connectivity index (χ2n) is 6.06. The van der Waals surface area contributed by atoms with E-state index in [2.05, 4.69) is 0 Å². The molecule has 0 radical (unpaired) electrons. The third kappa shape index (κ3) is 4.10. The summed E-state index contributed by atoms with van der Waals surface area (Å²) in [5, 5.41) is 0.422. The first-order chi connectivity index (χ1) is 12.9. The molecule has 27 heavy (non-hydrogen) atoms. The summed E-state index contributed by atoms with van der Waals surface area (Å²) in [6.07, 6.45) is 0. The highest BCUT2D eigenvalue weighted by atomic mass is 35.5. The van der Waals surface area contributed by atoms with E-state index in [1.165, 1.54) is 4.31 Å². The molecule has 0 amide bonds. The average Bonchev–Trinajstić information content (AvgIpc) is 2.69. The Morgan fingerprint density at radius 1 is 0.926 bits per heavy atom. The third-order valence-corrected chi connectivity index (χ3v) is 6.64. The molecule has 140 valence electrons. The number of hydrogen-bond acceptors (Lipinski definition) is 3. The lowest BCUT2D eigenvalue weighted by Gasteiger charge is -2.26. The Kier molecular flexibility index (Phi) is 5.73. The van der Waals surface area contributed by atoms with Crippen molar-refractivity contribution in [2.75, 3.05) is 11.4 Å². The van der Waals surface area contributed by atoms with Gasteiger partial charge in [0.05, 0.1) is 24.2 Å². The minimum Gasteiger partial charge on any atom is -0.497 e. The lowest BCUT2D eigenvalue weighted by Crippen LogP contribution is -2.31. The molecule has 3 rings (SSSR count). The zero-order valence-corrected chi connectivity index (χ0v) is 16.7. The van der Waals surface area contributed by atoms with Gasteiger partial charge in [-0.3, -0.25) is 4.31 Å². The lowest BCUT2D eigenvalue weighted by molar-refractivity contribution is 0.415. The van der Waals surface area contributed by atoms with Crippen molar-refractivity contribution in [1.29, 1.82) is 0 Å². The maximum Gasteiger partial charge on any atom is 0.264 e. The summed E-state index contributed by atoms with van der Waals surface area (Å²) in [7, 11) is -2.24. The summed E-state index contributed by atoms with van der Waals surface area (Å²) in [5.74, 6) is 0.662. The zero-order chi connectivity index (χ0) is 19.4. The molecule has 0 N–H and O–H groups in total. The maximum absolute atomic E-state index is 13.5. The van der Waals surface area contributed by atoms with Gasteiger partial charge in [0.1, 0.15) is 5.75 Å². The Bertz CT molecular complexity index is 1020. The van der Waals surface area contributed by atoms with Gasteiger partial charge in [0.2, 0.25) is 0 Å². The zero-order valence-electron chi connectivity index (χ0n) is 15.1. The molecule has 3 aromatic carbocycles. The van der Waals surface area contributed by atoms with Crippen LogP contribution < -0.4 is 9.04 Å². The molecule has 0 unspecified atom stereocenters. The van der Waals surface area contributed by atoms with Crippen LogP contribution in [0, 0.1) is 6.92 Å². The van der Waals surface area contributed by atoms with E-state index in [1.807, 2.05) is 30.3 Å². The van der Waals surface area contributed by atoms with Crippen LogP contribution in [0.4, 0.5) is 5.69 Å².